The molecule has 3 aromatic rings. The van der Waals surface area contributed by atoms with Gasteiger partial charge in [0.25, 0.3) is 5.56 Å². The van der Waals surface area contributed by atoms with Crippen LogP contribution in [0.5, 0.6) is 0 Å². The summed E-state index contributed by atoms with van der Waals surface area (Å²) in [6.45, 7) is -0.318. The van der Waals surface area contributed by atoms with Crippen LogP contribution in [0.4, 0.5) is 5.69 Å². The number of nitrogens with one attached hydrogen (secondary N) is 1. The van der Waals surface area contributed by atoms with Crippen molar-refractivity contribution in [1.29, 1.82) is 0 Å². The number of anilines is 1. The fourth-order valence-electron chi connectivity index (χ4n) is 2.58. The van der Waals surface area contributed by atoms with E-state index in [9.17, 15) is 19.2 Å². The Morgan fingerprint density at radius 2 is 1.68 bits per heavy atom. The number of nitrogens with zero attached hydrogens (tertiary/aromatic N) is 2. The van der Waals surface area contributed by atoms with Gasteiger partial charge in [0.2, 0.25) is 17.7 Å². The number of rotatable bonds is 5. The Labute approximate surface area is 166 Å². The van der Waals surface area contributed by atoms with Crippen LogP contribution in [-0.4, -0.2) is 27.3 Å². The van der Waals surface area contributed by atoms with E-state index >= 15 is 0 Å². The molecular weight excluding hydrogens is 430 g/mol. The van der Waals surface area contributed by atoms with Crippen molar-refractivity contribution in [2.45, 2.75) is 6.54 Å². The Bertz CT molecular complexity index is 1160. The third-order valence-corrected chi connectivity index (χ3v) is 4.38. The van der Waals surface area contributed by atoms with Crippen molar-refractivity contribution >= 4 is 50.2 Å². The van der Waals surface area contributed by atoms with E-state index in [-0.39, 0.29) is 28.9 Å². The second-order valence-electron chi connectivity index (χ2n) is 5.91. The first-order valence-electron chi connectivity index (χ1n) is 7.94. The van der Waals surface area contributed by atoms with Crippen LogP contribution in [0.2, 0.25) is 0 Å². The predicted molar refractivity (Wildman–Crippen MR) is 106 cm³/mol. The van der Waals surface area contributed by atoms with Gasteiger partial charge in [-0.2, -0.15) is 0 Å². The van der Waals surface area contributed by atoms with Gasteiger partial charge in [0.05, 0.1) is 17.2 Å². The highest BCUT2D eigenvalue weighted by molar-refractivity contribution is 9.10. The summed E-state index contributed by atoms with van der Waals surface area (Å²) in [5.74, 6) is -2.12. The first-order chi connectivity index (χ1) is 13.2. The van der Waals surface area contributed by atoms with Crippen molar-refractivity contribution in [3.63, 3.8) is 0 Å². The molecule has 5 N–H and O–H groups in total. The van der Waals surface area contributed by atoms with Crippen LogP contribution >= 0.6 is 15.9 Å². The number of aromatic nitrogens is 2. The van der Waals surface area contributed by atoms with Crippen LogP contribution in [0.3, 0.4) is 0 Å². The summed E-state index contributed by atoms with van der Waals surface area (Å²) >= 11 is 3.29. The molecule has 2 aromatic carbocycles. The molecule has 142 valence electrons. The summed E-state index contributed by atoms with van der Waals surface area (Å²) in [7, 11) is 0. The zero-order valence-corrected chi connectivity index (χ0v) is 15.9. The highest BCUT2D eigenvalue weighted by atomic mass is 79.9. The van der Waals surface area contributed by atoms with Gasteiger partial charge in [0.15, 0.2) is 0 Å². The average Bonchev–Trinajstić information content (AvgIpc) is 2.64. The van der Waals surface area contributed by atoms with Crippen LogP contribution in [0.25, 0.3) is 10.9 Å². The second-order valence-corrected chi connectivity index (χ2v) is 6.83. The van der Waals surface area contributed by atoms with Crippen molar-refractivity contribution in [1.82, 2.24) is 9.55 Å². The lowest BCUT2D eigenvalue weighted by atomic mass is 10.1. The lowest BCUT2D eigenvalue weighted by molar-refractivity contribution is -0.116. The normalized spacial score (nSPS) is 10.6. The molecule has 0 radical (unpaired) electrons. The quantitative estimate of drug-likeness (QED) is 0.537. The van der Waals surface area contributed by atoms with E-state index in [2.05, 4.69) is 26.2 Å². The summed E-state index contributed by atoms with van der Waals surface area (Å²) in [5, 5.41) is 2.87. The third kappa shape index (κ3) is 4.07. The number of amides is 3. The number of hydrogen-bond donors (Lipinski definition) is 3. The smallest absolute Gasteiger partial charge is 0.261 e. The van der Waals surface area contributed by atoms with Crippen molar-refractivity contribution in [2.75, 3.05) is 5.32 Å². The third-order valence-electron chi connectivity index (χ3n) is 3.89. The summed E-state index contributed by atoms with van der Waals surface area (Å²) in [5.41, 5.74) is 10.8. The molecule has 9 nitrogen and oxygen atoms in total. The van der Waals surface area contributed by atoms with Crippen molar-refractivity contribution in [3.8, 4) is 0 Å². The maximum absolute atomic E-state index is 12.6. The molecular formula is C18H14BrN5O4. The van der Waals surface area contributed by atoms with Gasteiger partial charge in [-0.3, -0.25) is 23.7 Å². The minimum atomic E-state index is -0.779. The van der Waals surface area contributed by atoms with Crippen LogP contribution in [0.1, 0.15) is 20.7 Å². The minimum Gasteiger partial charge on any atom is -0.366 e. The van der Waals surface area contributed by atoms with Gasteiger partial charge >= 0.3 is 0 Å². The Balaban J connectivity index is 1.88. The van der Waals surface area contributed by atoms with Gasteiger partial charge in [-0.1, -0.05) is 15.9 Å². The number of primary amides is 2. The molecule has 1 aromatic heterocycles. The van der Waals surface area contributed by atoms with Crippen molar-refractivity contribution in [2.24, 2.45) is 11.5 Å². The summed E-state index contributed by atoms with van der Waals surface area (Å²) in [6, 6.07) is 8.92. The summed E-state index contributed by atoms with van der Waals surface area (Å²) < 4.78 is 1.86. The molecule has 0 aliphatic carbocycles. The van der Waals surface area contributed by atoms with E-state index in [1.165, 1.54) is 24.5 Å². The molecule has 0 saturated carbocycles. The Hall–Kier alpha value is -3.53. The average molecular weight is 444 g/mol. The molecule has 1 heterocycles. The molecule has 0 aliphatic rings. The Kier molecular flexibility index (Phi) is 5.23. The second kappa shape index (κ2) is 7.61. The van der Waals surface area contributed by atoms with Crippen LogP contribution in [-0.2, 0) is 11.3 Å². The van der Waals surface area contributed by atoms with E-state index in [0.717, 1.165) is 4.57 Å². The first-order valence-corrected chi connectivity index (χ1v) is 8.73. The highest BCUT2D eigenvalue weighted by Gasteiger charge is 2.13. The van der Waals surface area contributed by atoms with Crippen LogP contribution < -0.4 is 22.3 Å². The SMILES string of the molecule is NC(=O)c1cc(NC(=O)Cn2cnc3ccc(Br)cc3c2=O)cc(C(N)=O)c1. The lowest BCUT2D eigenvalue weighted by Crippen LogP contribution is -2.28. The number of carbonyl (C=O) groups is 3. The van der Waals surface area contributed by atoms with Gasteiger partial charge in [0.1, 0.15) is 6.54 Å². The number of carbonyl (C=O) groups excluding carboxylic acids is 3. The van der Waals surface area contributed by atoms with E-state index in [4.69, 9.17) is 11.5 Å². The zero-order valence-electron chi connectivity index (χ0n) is 14.3. The van der Waals surface area contributed by atoms with E-state index in [1.54, 1.807) is 18.2 Å². The molecule has 0 spiro atoms. The molecule has 0 aliphatic heterocycles. The largest absolute Gasteiger partial charge is 0.366 e. The van der Waals surface area contributed by atoms with Gasteiger partial charge < -0.3 is 16.8 Å². The monoisotopic (exact) mass is 443 g/mol. The molecule has 0 saturated heterocycles. The highest BCUT2D eigenvalue weighted by Crippen LogP contribution is 2.16. The van der Waals surface area contributed by atoms with Crippen molar-refractivity contribution < 1.29 is 14.4 Å². The fourth-order valence-corrected chi connectivity index (χ4v) is 2.94. The van der Waals surface area contributed by atoms with Gasteiger partial charge in [-0.25, -0.2) is 4.98 Å². The Morgan fingerprint density at radius 3 is 2.29 bits per heavy atom. The number of fused-ring (bicyclic) bond motifs is 1. The molecule has 0 unspecified atom stereocenters. The van der Waals surface area contributed by atoms with Crippen LogP contribution in [0.15, 0.2) is 52.0 Å². The molecule has 10 heteroatoms. The van der Waals surface area contributed by atoms with Gasteiger partial charge in [-0.05, 0) is 36.4 Å². The number of benzene rings is 2. The predicted octanol–water partition coefficient (Wildman–Crippen LogP) is 0.995. The fraction of sp³-hybridized carbons (Fsp3) is 0.0556. The van der Waals surface area contributed by atoms with Crippen molar-refractivity contribution in [3.05, 3.63) is 68.7 Å². The molecule has 3 rings (SSSR count). The van der Waals surface area contributed by atoms with E-state index in [1.807, 2.05) is 0 Å². The topological polar surface area (TPSA) is 150 Å². The standard InChI is InChI=1S/C18H14BrN5O4/c19-11-1-2-14-13(6-11)18(28)24(8-22-14)7-15(25)23-12-4-9(16(20)26)3-10(5-12)17(21)27/h1-6,8H,7H2,(H2,20,26)(H2,21,27)(H,23,25). The number of hydrogen-bond acceptors (Lipinski definition) is 5. The maximum Gasteiger partial charge on any atom is 0.261 e. The maximum atomic E-state index is 12.6. The number of halogens is 1. The van der Waals surface area contributed by atoms with Gasteiger partial charge in [-0.15, -0.1) is 0 Å². The zero-order chi connectivity index (χ0) is 20.4. The first kappa shape index (κ1) is 19.2. The van der Waals surface area contributed by atoms with Crippen LogP contribution in [0, 0.1) is 0 Å². The summed E-state index contributed by atoms with van der Waals surface area (Å²) in [6.07, 6.45) is 1.27. The minimum absolute atomic E-state index is 0.0148. The lowest BCUT2D eigenvalue weighted by Gasteiger charge is -2.10. The van der Waals surface area contributed by atoms with E-state index < -0.39 is 17.7 Å². The van der Waals surface area contributed by atoms with E-state index in [0.29, 0.717) is 15.4 Å². The molecule has 3 amide bonds. The summed E-state index contributed by atoms with van der Waals surface area (Å²) in [4.78, 5) is 51.9. The molecule has 28 heavy (non-hydrogen) atoms. The molecule has 0 bridgehead atoms. The Morgan fingerprint density at radius 1 is 1.04 bits per heavy atom. The van der Waals surface area contributed by atoms with Gasteiger partial charge in [0, 0.05) is 21.3 Å². The molecule has 0 fully saturated rings. The molecule has 0 atom stereocenters. The number of nitrogens with two attached hydrogens (primary N) is 2.